The van der Waals surface area contributed by atoms with Crippen LogP contribution in [0.1, 0.15) is 63.0 Å². The summed E-state index contributed by atoms with van der Waals surface area (Å²) in [5.74, 6) is 0.727. The van der Waals surface area contributed by atoms with Crippen molar-refractivity contribution >= 4 is 22.2 Å². The average Bonchev–Trinajstić information content (AvgIpc) is 2.71. The lowest BCUT2D eigenvalue weighted by Crippen LogP contribution is -2.19. The van der Waals surface area contributed by atoms with Gasteiger partial charge in [0.25, 0.3) is 0 Å². The van der Waals surface area contributed by atoms with Crippen LogP contribution in [-0.4, -0.2) is 5.91 Å². The second-order valence-electron chi connectivity index (χ2n) is 7.12. The summed E-state index contributed by atoms with van der Waals surface area (Å²) in [6.07, 6.45) is 4.84. The Kier molecular flexibility index (Phi) is 4.73. The van der Waals surface area contributed by atoms with Crippen molar-refractivity contribution < 1.29 is 4.79 Å². The molecule has 1 aliphatic carbocycles. The van der Waals surface area contributed by atoms with Gasteiger partial charge < -0.3 is 5.32 Å². The summed E-state index contributed by atoms with van der Waals surface area (Å²) >= 11 is 1.61. The van der Waals surface area contributed by atoms with Crippen molar-refractivity contribution in [2.45, 2.75) is 59.8 Å². The molecule has 4 heteroatoms. The van der Waals surface area contributed by atoms with Crippen LogP contribution in [0.4, 0.5) is 5.00 Å². The monoisotopic (exact) mass is 304 g/mol. The Labute approximate surface area is 131 Å². The van der Waals surface area contributed by atoms with Gasteiger partial charge in [0.2, 0.25) is 5.91 Å². The number of carbonyl (C=O) groups is 1. The van der Waals surface area contributed by atoms with Crippen LogP contribution in [0.25, 0.3) is 0 Å². The highest BCUT2D eigenvalue weighted by molar-refractivity contribution is 7.16. The van der Waals surface area contributed by atoms with Crippen molar-refractivity contribution in [2.75, 3.05) is 5.32 Å². The number of nitriles is 1. The predicted molar refractivity (Wildman–Crippen MR) is 87.5 cm³/mol. The topological polar surface area (TPSA) is 52.9 Å². The maximum Gasteiger partial charge on any atom is 0.225 e. The van der Waals surface area contributed by atoms with E-state index < -0.39 is 0 Å². The molecule has 1 aromatic rings. The summed E-state index contributed by atoms with van der Waals surface area (Å²) in [5, 5.41) is 13.2. The number of amides is 1. The largest absolute Gasteiger partial charge is 0.317 e. The van der Waals surface area contributed by atoms with E-state index in [1.54, 1.807) is 11.3 Å². The Balaban J connectivity index is 2.20. The van der Waals surface area contributed by atoms with Gasteiger partial charge in [0.1, 0.15) is 11.1 Å². The fourth-order valence-corrected chi connectivity index (χ4v) is 4.19. The lowest BCUT2D eigenvalue weighted by molar-refractivity contribution is -0.117. The van der Waals surface area contributed by atoms with Gasteiger partial charge in [-0.2, -0.15) is 5.26 Å². The third-order valence-electron chi connectivity index (χ3n) is 4.00. The molecule has 3 nitrogen and oxygen atoms in total. The van der Waals surface area contributed by atoms with E-state index in [0.29, 0.717) is 12.0 Å². The number of hydrogen-bond donors (Lipinski definition) is 1. The molecule has 0 bridgehead atoms. The van der Waals surface area contributed by atoms with Crippen LogP contribution < -0.4 is 5.32 Å². The minimum absolute atomic E-state index is 0.00429. The summed E-state index contributed by atoms with van der Waals surface area (Å²) in [5.41, 5.74) is 1.84. The Morgan fingerprint density at radius 1 is 1.48 bits per heavy atom. The Hall–Kier alpha value is -1.34. The Bertz CT molecular complexity index is 575. The van der Waals surface area contributed by atoms with Crippen LogP contribution in [0.15, 0.2) is 0 Å². The second kappa shape index (κ2) is 6.19. The molecule has 1 amide bonds. The summed E-state index contributed by atoms with van der Waals surface area (Å²) < 4.78 is 0. The molecule has 0 radical (unpaired) electrons. The SMILES string of the molecule is CCC1CCc2c(sc(NC(=O)CC(C)(C)C)c2C#N)C1. The molecule has 1 atom stereocenters. The van der Waals surface area contributed by atoms with E-state index in [0.717, 1.165) is 30.2 Å². The van der Waals surface area contributed by atoms with Gasteiger partial charge in [-0.3, -0.25) is 4.79 Å². The van der Waals surface area contributed by atoms with Crippen molar-refractivity contribution in [1.82, 2.24) is 0 Å². The van der Waals surface area contributed by atoms with Crippen LogP contribution in [0.3, 0.4) is 0 Å². The quantitative estimate of drug-likeness (QED) is 0.893. The highest BCUT2D eigenvalue weighted by Crippen LogP contribution is 2.40. The zero-order chi connectivity index (χ0) is 15.6. The molecule has 0 saturated heterocycles. The predicted octanol–water partition coefficient (Wildman–Crippen LogP) is 4.51. The number of hydrogen-bond acceptors (Lipinski definition) is 3. The standard InChI is InChI=1S/C17H24N2OS/c1-5-11-6-7-12-13(10-18)16(21-14(12)8-11)19-15(20)9-17(2,3)4/h11H,5-9H2,1-4H3,(H,19,20). The highest BCUT2D eigenvalue weighted by Gasteiger charge is 2.26. The molecule has 1 unspecified atom stereocenters. The van der Waals surface area contributed by atoms with E-state index >= 15 is 0 Å². The molecule has 1 heterocycles. The van der Waals surface area contributed by atoms with Gasteiger partial charge in [0, 0.05) is 11.3 Å². The Morgan fingerprint density at radius 2 is 2.19 bits per heavy atom. The van der Waals surface area contributed by atoms with E-state index in [1.807, 2.05) is 20.8 Å². The van der Waals surface area contributed by atoms with Crippen LogP contribution in [0, 0.1) is 22.7 Å². The summed E-state index contributed by atoms with van der Waals surface area (Å²) in [4.78, 5) is 13.4. The van der Waals surface area contributed by atoms with Crippen LogP contribution in [0.5, 0.6) is 0 Å². The van der Waals surface area contributed by atoms with Gasteiger partial charge in [0.05, 0.1) is 5.56 Å². The van der Waals surface area contributed by atoms with Crippen LogP contribution in [-0.2, 0) is 17.6 Å². The van der Waals surface area contributed by atoms with Gasteiger partial charge >= 0.3 is 0 Å². The third-order valence-corrected chi connectivity index (χ3v) is 5.17. The average molecular weight is 304 g/mol. The van der Waals surface area contributed by atoms with Gasteiger partial charge in [-0.05, 0) is 36.2 Å². The van der Waals surface area contributed by atoms with Gasteiger partial charge in [0.15, 0.2) is 0 Å². The second-order valence-corrected chi connectivity index (χ2v) is 8.23. The maximum absolute atomic E-state index is 12.1. The fraction of sp³-hybridized carbons (Fsp3) is 0.647. The maximum atomic E-state index is 12.1. The van der Waals surface area contributed by atoms with E-state index in [9.17, 15) is 10.1 Å². The van der Waals surface area contributed by atoms with Gasteiger partial charge in [-0.15, -0.1) is 11.3 Å². The zero-order valence-corrected chi connectivity index (χ0v) is 14.2. The summed E-state index contributed by atoms with van der Waals surface area (Å²) in [7, 11) is 0. The summed E-state index contributed by atoms with van der Waals surface area (Å²) in [6, 6.07) is 2.30. The first-order valence-corrected chi connectivity index (χ1v) is 8.50. The number of fused-ring (bicyclic) bond motifs is 1. The normalized spacial score (nSPS) is 18.0. The minimum atomic E-state index is -0.0406. The van der Waals surface area contributed by atoms with Crippen molar-refractivity contribution in [3.05, 3.63) is 16.0 Å². The van der Waals surface area contributed by atoms with Crippen LogP contribution >= 0.6 is 11.3 Å². The number of rotatable bonds is 3. The first-order valence-electron chi connectivity index (χ1n) is 7.68. The molecular weight excluding hydrogens is 280 g/mol. The third kappa shape index (κ3) is 3.85. The molecule has 0 aliphatic heterocycles. The molecule has 21 heavy (non-hydrogen) atoms. The lowest BCUT2D eigenvalue weighted by atomic mass is 9.86. The van der Waals surface area contributed by atoms with Crippen LogP contribution in [0.2, 0.25) is 0 Å². The molecule has 2 rings (SSSR count). The van der Waals surface area contributed by atoms with Crippen molar-refractivity contribution in [2.24, 2.45) is 11.3 Å². The molecular formula is C17H24N2OS. The van der Waals surface area contributed by atoms with Crippen molar-refractivity contribution in [3.8, 4) is 6.07 Å². The molecule has 0 fully saturated rings. The number of anilines is 1. The lowest BCUT2D eigenvalue weighted by Gasteiger charge is -2.20. The fourth-order valence-electron chi connectivity index (χ4n) is 2.86. The van der Waals surface area contributed by atoms with E-state index in [-0.39, 0.29) is 11.3 Å². The molecule has 0 spiro atoms. The first-order chi connectivity index (χ1) is 9.84. The molecule has 1 N–H and O–H groups in total. The number of nitrogens with zero attached hydrogens (tertiary/aromatic N) is 1. The number of thiophene rings is 1. The molecule has 0 saturated carbocycles. The molecule has 114 valence electrons. The van der Waals surface area contributed by atoms with Crippen molar-refractivity contribution in [3.63, 3.8) is 0 Å². The molecule has 1 aromatic heterocycles. The number of carbonyl (C=O) groups excluding carboxylic acids is 1. The van der Waals surface area contributed by atoms with Gasteiger partial charge in [-0.25, -0.2) is 0 Å². The van der Waals surface area contributed by atoms with E-state index in [2.05, 4.69) is 18.3 Å². The highest BCUT2D eigenvalue weighted by atomic mass is 32.1. The minimum Gasteiger partial charge on any atom is -0.317 e. The van der Waals surface area contributed by atoms with Crippen molar-refractivity contribution in [1.29, 1.82) is 5.26 Å². The van der Waals surface area contributed by atoms with E-state index in [1.165, 1.54) is 16.9 Å². The first kappa shape index (κ1) is 16.0. The zero-order valence-electron chi connectivity index (χ0n) is 13.4. The summed E-state index contributed by atoms with van der Waals surface area (Å²) in [6.45, 7) is 8.36. The van der Waals surface area contributed by atoms with Gasteiger partial charge in [-0.1, -0.05) is 34.1 Å². The number of nitrogens with one attached hydrogen (secondary N) is 1. The molecule has 0 aromatic carbocycles. The Morgan fingerprint density at radius 3 is 2.76 bits per heavy atom. The van der Waals surface area contributed by atoms with E-state index in [4.69, 9.17) is 0 Å². The smallest absolute Gasteiger partial charge is 0.225 e. The molecule has 1 aliphatic rings.